The molecule has 7 atom stereocenters. The highest BCUT2D eigenvalue weighted by Crippen LogP contribution is 2.68. The van der Waals surface area contributed by atoms with Gasteiger partial charge in [0.25, 0.3) is 0 Å². The summed E-state index contributed by atoms with van der Waals surface area (Å²) < 4.78 is 0. The molecule has 3 saturated carbocycles. The molecule has 25 heavy (non-hydrogen) atoms. The van der Waals surface area contributed by atoms with E-state index in [9.17, 15) is 4.79 Å². The summed E-state index contributed by atoms with van der Waals surface area (Å²) in [5.74, 6) is 4.49. The molecular formula is C24H36O. The molecule has 0 unspecified atom stereocenters. The molecule has 0 aromatic carbocycles. The zero-order chi connectivity index (χ0) is 17.8. The summed E-state index contributed by atoms with van der Waals surface area (Å²) in [6, 6.07) is 0. The van der Waals surface area contributed by atoms with E-state index in [0.717, 1.165) is 29.6 Å². The molecule has 4 rings (SSSR count). The number of hydrogen-bond donors (Lipinski definition) is 0. The predicted octanol–water partition coefficient (Wildman–Crippen LogP) is 6.35. The molecule has 0 N–H and O–H groups in total. The van der Waals surface area contributed by atoms with Gasteiger partial charge in [-0.25, -0.2) is 0 Å². The van der Waals surface area contributed by atoms with Crippen molar-refractivity contribution >= 4 is 5.78 Å². The van der Waals surface area contributed by atoms with Crippen LogP contribution in [0.5, 0.6) is 0 Å². The first-order valence-corrected chi connectivity index (χ1v) is 10.9. The van der Waals surface area contributed by atoms with E-state index in [1.807, 2.05) is 12.2 Å². The first-order chi connectivity index (χ1) is 11.9. The predicted molar refractivity (Wildman–Crippen MR) is 104 cm³/mol. The molecule has 0 aromatic rings. The van der Waals surface area contributed by atoms with Crippen LogP contribution in [0.4, 0.5) is 0 Å². The van der Waals surface area contributed by atoms with Gasteiger partial charge in [-0.3, -0.25) is 4.79 Å². The molecular weight excluding hydrogens is 304 g/mol. The fourth-order valence-corrected chi connectivity index (χ4v) is 7.79. The average molecular weight is 341 g/mol. The Balaban J connectivity index is 1.74. The molecule has 0 heterocycles. The molecule has 0 amide bonds. The average Bonchev–Trinajstić information content (AvgIpc) is 2.93. The molecule has 138 valence electrons. The molecule has 0 aliphatic heterocycles. The summed E-state index contributed by atoms with van der Waals surface area (Å²) >= 11 is 0. The second-order valence-corrected chi connectivity index (χ2v) is 9.96. The lowest BCUT2D eigenvalue weighted by Crippen LogP contribution is -2.52. The summed E-state index contributed by atoms with van der Waals surface area (Å²) in [6.45, 7) is 9.82. The van der Waals surface area contributed by atoms with Crippen LogP contribution in [0.2, 0.25) is 0 Å². The topological polar surface area (TPSA) is 17.1 Å². The maximum atomic E-state index is 12.0. The van der Waals surface area contributed by atoms with Gasteiger partial charge < -0.3 is 0 Å². The van der Waals surface area contributed by atoms with Crippen molar-refractivity contribution < 1.29 is 4.79 Å². The van der Waals surface area contributed by atoms with Crippen molar-refractivity contribution in [1.82, 2.24) is 0 Å². The molecule has 3 fully saturated rings. The van der Waals surface area contributed by atoms with E-state index >= 15 is 0 Å². The summed E-state index contributed by atoms with van der Waals surface area (Å²) in [5, 5.41) is 0. The monoisotopic (exact) mass is 340 g/mol. The zero-order valence-corrected chi connectivity index (χ0v) is 16.7. The molecule has 0 bridgehead atoms. The van der Waals surface area contributed by atoms with Crippen LogP contribution in [0.1, 0.15) is 79.1 Å². The van der Waals surface area contributed by atoms with Gasteiger partial charge in [0, 0.05) is 5.41 Å². The van der Waals surface area contributed by atoms with Crippen LogP contribution in [0.25, 0.3) is 0 Å². The third-order valence-electron chi connectivity index (χ3n) is 9.08. The van der Waals surface area contributed by atoms with Crippen molar-refractivity contribution in [3.05, 3.63) is 23.8 Å². The number of fused-ring (bicyclic) bond motifs is 5. The van der Waals surface area contributed by atoms with E-state index < -0.39 is 0 Å². The van der Waals surface area contributed by atoms with Crippen molar-refractivity contribution in [1.29, 1.82) is 0 Å². The fourth-order valence-electron chi connectivity index (χ4n) is 7.79. The maximum absolute atomic E-state index is 12.0. The molecule has 4 aliphatic carbocycles. The number of carbonyl (C=O) groups excluding carboxylic acids is 1. The van der Waals surface area contributed by atoms with Gasteiger partial charge >= 0.3 is 0 Å². The van der Waals surface area contributed by atoms with Crippen LogP contribution in [-0.2, 0) is 4.79 Å². The van der Waals surface area contributed by atoms with Gasteiger partial charge in [-0.1, -0.05) is 58.6 Å². The van der Waals surface area contributed by atoms with Crippen LogP contribution in [0.15, 0.2) is 23.8 Å². The number of ketones is 1. The second-order valence-electron chi connectivity index (χ2n) is 9.96. The SMILES string of the molecule is CCC[C@@H]1CC2=CC(=O)C=C[C@]2(C)[C@H]2CC[C@]3(C)[C@H](CC)CC[C@H]3[C@H]12. The van der Waals surface area contributed by atoms with Gasteiger partial charge in [0.05, 0.1) is 0 Å². The number of allylic oxidation sites excluding steroid dienone is 4. The summed E-state index contributed by atoms with van der Waals surface area (Å²) in [5.41, 5.74) is 2.18. The molecule has 4 aliphatic rings. The van der Waals surface area contributed by atoms with Crippen molar-refractivity contribution in [2.24, 2.45) is 40.4 Å². The quantitative estimate of drug-likeness (QED) is 0.585. The Morgan fingerprint density at radius 2 is 1.92 bits per heavy atom. The van der Waals surface area contributed by atoms with E-state index in [1.165, 1.54) is 56.9 Å². The zero-order valence-electron chi connectivity index (χ0n) is 16.7. The van der Waals surface area contributed by atoms with E-state index in [0.29, 0.717) is 5.41 Å². The Kier molecular flexibility index (Phi) is 4.28. The van der Waals surface area contributed by atoms with Crippen molar-refractivity contribution in [2.45, 2.75) is 79.1 Å². The van der Waals surface area contributed by atoms with Crippen molar-refractivity contribution in [2.75, 3.05) is 0 Å². The first-order valence-electron chi connectivity index (χ1n) is 10.9. The highest BCUT2D eigenvalue weighted by molar-refractivity contribution is 6.01. The summed E-state index contributed by atoms with van der Waals surface area (Å²) in [6.07, 6.45) is 17.0. The first kappa shape index (κ1) is 17.6. The van der Waals surface area contributed by atoms with Crippen LogP contribution in [-0.4, -0.2) is 5.78 Å². The Labute approximate surface area is 154 Å². The van der Waals surface area contributed by atoms with Gasteiger partial charge in [0.2, 0.25) is 0 Å². The molecule has 0 saturated heterocycles. The molecule has 0 radical (unpaired) electrons. The highest BCUT2D eigenvalue weighted by Gasteiger charge is 2.60. The third-order valence-corrected chi connectivity index (χ3v) is 9.08. The number of rotatable bonds is 3. The van der Waals surface area contributed by atoms with E-state index in [-0.39, 0.29) is 11.2 Å². The van der Waals surface area contributed by atoms with Crippen molar-refractivity contribution in [3.63, 3.8) is 0 Å². The van der Waals surface area contributed by atoms with Gasteiger partial charge in [-0.2, -0.15) is 0 Å². The summed E-state index contributed by atoms with van der Waals surface area (Å²) in [7, 11) is 0. The van der Waals surface area contributed by atoms with E-state index in [1.54, 1.807) is 0 Å². The number of hydrogen-bond acceptors (Lipinski definition) is 1. The minimum Gasteiger partial charge on any atom is -0.290 e. The molecule has 0 aromatic heterocycles. The van der Waals surface area contributed by atoms with Crippen LogP contribution < -0.4 is 0 Å². The highest BCUT2D eigenvalue weighted by atomic mass is 16.1. The Hall–Kier alpha value is -0.850. The number of carbonyl (C=O) groups is 1. The fraction of sp³-hybridized carbons (Fsp3) is 0.792. The lowest BCUT2D eigenvalue weighted by atomic mass is 9.45. The molecule has 0 spiro atoms. The lowest BCUT2D eigenvalue weighted by Gasteiger charge is -2.59. The molecule has 1 heteroatoms. The largest absolute Gasteiger partial charge is 0.290 e. The van der Waals surface area contributed by atoms with Crippen LogP contribution >= 0.6 is 0 Å². The van der Waals surface area contributed by atoms with Gasteiger partial charge in [-0.05, 0) is 79.3 Å². The Morgan fingerprint density at radius 1 is 1.12 bits per heavy atom. The third kappa shape index (κ3) is 2.44. The molecule has 1 nitrogen and oxygen atoms in total. The smallest absolute Gasteiger partial charge is 0.178 e. The Bertz CT molecular complexity index is 614. The van der Waals surface area contributed by atoms with Gasteiger partial charge in [0.15, 0.2) is 5.78 Å². The standard InChI is InChI=1S/C24H36O/c1-5-7-16-14-18-15-19(25)10-12-24(18,4)21-11-13-23(3)17(6-2)8-9-20(23)22(16)21/h10,12,15-17,20-22H,5-9,11,13-14H2,1-4H3/t16-,17-,20+,21+,22+,23-,24+/m1/s1. The van der Waals surface area contributed by atoms with E-state index in [4.69, 9.17) is 0 Å². The van der Waals surface area contributed by atoms with E-state index in [2.05, 4.69) is 33.8 Å². The minimum atomic E-state index is 0.147. The van der Waals surface area contributed by atoms with Gasteiger partial charge in [0.1, 0.15) is 0 Å². The Morgan fingerprint density at radius 3 is 2.64 bits per heavy atom. The van der Waals surface area contributed by atoms with Gasteiger partial charge in [-0.15, -0.1) is 0 Å². The normalized spacial score (nSPS) is 48.6. The maximum Gasteiger partial charge on any atom is 0.178 e. The van der Waals surface area contributed by atoms with Crippen molar-refractivity contribution in [3.8, 4) is 0 Å². The summed E-state index contributed by atoms with van der Waals surface area (Å²) in [4.78, 5) is 12.0. The minimum absolute atomic E-state index is 0.147. The van der Waals surface area contributed by atoms with Crippen LogP contribution in [0, 0.1) is 40.4 Å². The second kappa shape index (κ2) is 6.10. The lowest BCUT2D eigenvalue weighted by molar-refractivity contribution is -0.111. The van der Waals surface area contributed by atoms with Crippen LogP contribution in [0.3, 0.4) is 0 Å².